The van der Waals surface area contributed by atoms with Gasteiger partial charge in [0.15, 0.2) is 0 Å². The molecule has 98 valence electrons. The molecule has 1 atom stereocenters. The summed E-state index contributed by atoms with van der Waals surface area (Å²) in [5.41, 5.74) is 2.15. The number of carbonyl (C=O) groups is 2. The van der Waals surface area contributed by atoms with Crippen molar-refractivity contribution in [2.24, 2.45) is 0 Å². The van der Waals surface area contributed by atoms with Crippen LogP contribution in [-0.2, 0) is 16.0 Å². The Morgan fingerprint density at radius 1 is 1.39 bits per heavy atom. The molecule has 3 N–H and O–H groups in total. The minimum absolute atomic E-state index is 0.202. The topological polar surface area (TPSA) is 86.6 Å². The molecule has 18 heavy (non-hydrogen) atoms. The molecule has 0 heterocycles. The van der Waals surface area contributed by atoms with Gasteiger partial charge < -0.3 is 15.5 Å². The number of nitrogens with one attached hydrogen (secondary N) is 1. The molecule has 5 nitrogen and oxygen atoms in total. The number of hydrogen-bond donors (Lipinski definition) is 3. The summed E-state index contributed by atoms with van der Waals surface area (Å²) in [5, 5.41) is 19.7. The summed E-state index contributed by atoms with van der Waals surface area (Å²) in [6.07, 6.45) is 0.749. The Hall–Kier alpha value is -1.88. The number of rotatable bonds is 6. The Morgan fingerprint density at radius 2 is 2.11 bits per heavy atom. The fraction of sp³-hybridized carbons (Fsp3) is 0.385. The molecule has 1 aromatic carbocycles. The molecular formula is C13H17NO4. The van der Waals surface area contributed by atoms with Crippen molar-refractivity contribution in [1.82, 2.24) is 5.32 Å². The second-order valence-electron chi connectivity index (χ2n) is 4.13. The Bertz CT molecular complexity index is 431. The molecule has 0 aliphatic carbocycles. The molecule has 0 aromatic heterocycles. The van der Waals surface area contributed by atoms with Crippen molar-refractivity contribution in [1.29, 1.82) is 0 Å². The fourth-order valence-electron chi connectivity index (χ4n) is 1.58. The third-order valence-corrected chi connectivity index (χ3v) is 2.54. The number of aryl methyl sites for hydroxylation is 2. The van der Waals surface area contributed by atoms with Crippen LogP contribution in [0.1, 0.15) is 17.5 Å². The van der Waals surface area contributed by atoms with Crippen LogP contribution in [0.5, 0.6) is 0 Å². The van der Waals surface area contributed by atoms with E-state index in [-0.39, 0.29) is 12.3 Å². The van der Waals surface area contributed by atoms with Crippen LogP contribution in [0.25, 0.3) is 0 Å². The molecule has 0 unspecified atom stereocenters. The van der Waals surface area contributed by atoms with Crippen LogP contribution in [0.3, 0.4) is 0 Å². The van der Waals surface area contributed by atoms with E-state index in [0.717, 1.165) is 11.1 Å². The Balaban J connectivity index is 2.44. The highest BCUT2D eigenvalue weighted by atomic mass is 16.4. The van der Waals surface area contributed by atoms with Crippen molar-refractivity contribution in [2.75, 3.05) is 6.61 Å². The van der Waals surface area contributed by atoms with Crippen molar-refractivity contribution in [3.05, 3.63) is 35.4 Å². The van der Waals surface area contributed by atoms with Gasteiger partial charge in [-0.05, 0) is 18.9 Å². The highest BCUT2D eigenvalue weighted by Crippen LogP contribution is 2.06. The number of amides is 1. The van der Waals surface area contributed by atoms with E-state index in [9.17, 15) is 9.59 Å². The lowest BCUT2D eigenvalue weighted by atomic mass is 10.1. The van der Waals surface area contributed by atoms with Gasteiger partial charge >= 0.3 is 5.97 Å². The Morgan fingerprint density at radius 3 is 2.67 bits per heavy atom. The summed E-state index contributed by atoms with van der Waals surface area (Å²) < 4.78 is 0. The zero-order chi connectivity index (χ0) is 13.5. The lowest BCUT2D eigenvalue weighted by molar-refractivity contribution is -0.142. The third-order valence-electron chi connectivity index (χ3n) is 2.54. The van der Waals surface area contributed by atoms with Crippen molar-refractivity contribution in [2.45, 2.75) is 25.8 Å². The van der Waals surface area contributed by atoms with Gasteiger partial charge in [-0.2, -0.15) is 0 Å². The van der Waals surface area contributed by atoms with E-state index in [1.165, 1.54) is 0 Å². The van der Waals surface area contributed by atoms with Gasteiger partial charge in [-0.1, -0.05) is 29.8 Å². The molecule has 0 saturated carbocycles. The zero-order valence-electron chi connectivity index (χ0n) is 10.2. The predicted octanol–water partition coefficient (Wildman–Crippen LogP) is 0.489. The summed E-state index contributed by atoms with van der Waals surface area (Å²) in [6.45, 7) is 1.36. The summed E-state index contributed by atoms with van der Waals surface area (Å²) >= 11 is 0. The van der Waals surface area contributed by atoms with Gasteiger partial charge in [0.05, 0.1) is 6.61 Å². The number of aliphatic carboxylic acids is 1. The van der Waals surface area contributed by atoms with Crippen LogP contribution in [0, 0.1) is 6.92 Å². The second kappa shape index (κ2) is 6.76. The SMILES string of the molecule is Cc1cccc(CCC(=O)N[C@H](CO)C(=O)O)c1. The van der Waals surface area contributed by atoms with Crippen LogP contribution >= 0.6 is 0 Å². The van der Waals surface area contributed by atoms with Gasteiger partial charge in [0.2, 0.25) is 5.91 Å². The molecule has 1 rings (SSSR count). The minimum atomic E-state index is -1.23. The summed E-state index contributed by atoms with van der Waals surface area (Å²) in [4.78, 5) is 22.1. The number of aliphatic hydroxyl groups excluding tert-OH is 1. The van der Waals surface area contributed by atoms with Crippen molar-refractivity contribution < 1.29 is 19.8 Å². The standard InChI is InChI=1S/C13H17NO4/c1-9-3-2-4-10(7-9)5-6-12(16)14-11(8-15)13(17)18/h2-4,7,11,15H,5-6,8H2,1H3,(H,14,16)(H,17,18)/t11-/m1/s1. The molecule has 5 heteroatoms. The van der Waals surface area contributed by atoms with Crippen LogP contribution in [-0.4, -0.2) is 34.7 Å². The zero-order valence-corrected chi connectivity index (χ0v) is 10.2. The summed E-state index contributed by atoms with van der Waals surface area (Å²) in [5.74, 6) is -1.61. The first kappa shape index (κ1) is 14.2. The van der Waals surface area contributed by atoms with Crippen LogP contribution < -0.4 is 5.32 Å². The number of hydrogen-bond acceptors (Lipinski definition) is 3. The smallest absolute Gasteiger partial charge is 0.328 e. The molecule has 1 aromatic rings. The average Bonchev–Trinajstić information content (AvgIpc) is 2.33. The summed E-state index contributed by atoms with van der Waals surface area (Å²) in [7, 11) is 0. The molecule has 0 radical (unpaired) electrons. The van der Waals surface area contributed by atoms with Gasteiger partial charge in [0, 0.05) is 6.42 Å². The molecule has 0 spiro atoms. The monoisotopic (exact) mass is 251 g/mol. The molecule has 0 fully saturated rings. The van der Waals surface area contributed by atoms with Crippen LogP contribution in [0.2, 0.25) is 0 Å². The van der Waals surface area contributed by atoms with Crippen molar-refractivity contribution >= 4 is 11.9 Å². The molecule has 0 bridgehead atoms. The normalized spacial score (nSPS) is 11.9. The Kier molecular flexibility index (Phi) is 5.32. The first-order chi connectivity index (χ1) is 8.52. The van der Waals surface area contributed by atoms with E-state index < -0.39 is 18.6 Å². The predicted molar refractivity (Wildman–Crippen MR) is 66.2 cm³/mol. The maximum atomic E-state index is 11.5. The van der Waals surface area contributed by atoms with E-state index in [1.807, 2.05) is 31.2 Å². The number of aliphatic hydroxyl groups is 1. The molecule has 0 aliphatic rings. The number of carbonyl (C=O) groups excluding carboxylic acids is 1. The lowest BCUT2D eigenvalue weighted by Crippen LogP contribution is -2.43. The maximum absolute atomic E-state index is 11.5. The molecule has 0 aliphatic heterocycles. The van der Waals surface area contributed by atoms with Gasteiger partial charge in [0.1, 0.15) is 6.04 Å². The van der Waals surface area contributed by atoms with Crippen molar-refractivity contribution in [3.8, 4) is 0 Å². The van der Waals surface area contributed by atoms with E-state index in [1.54, 1.807) is 0 Å². The van der Waals surface area contributed by atoms with Gasteiger partial charge in [0.25, 0.3) is 0 Å². The van der Waals surface area contributed by atoms with Crippen molar-refractivity contribution in [3.63, 3.8) is 0 Å². The fourth-order valence-corrected chi connectivity index (χ4v) is 1.58. The third kappa shape index (κ3) is 4.55. The van der Waals surface area contributed by atoms with E-state index in [4.69, 9.17) is 10.2 Å². The molecule has 0 saturated heterocycles. The molecule has 1 amide bonds. The maximum Gasteiger partial charge on any atom is 0.328 e. The van der Waals surface area contributed by atoms with Crippen LogP contribution in [0.4, 0.5) is 0 Å². The first-order valence-corrected chi connectivity index (χ1v) is 5.71. The second-order valence-corrected chi connectivity index (χ2v) is 4.13. The largest absolute Gasteiger partial charge is 0.480 e. The number of carboxylic acids is 1. The number of benzene rings is 1. The Labute approximate surface area is 105 Å². The number of carboxylic acid groups (broad SMARTS) is 1. The highest BCUT2D eigenvalue weighted by Gasteiger charge is 2.18. The first-order valence-electron chi connectivity index (χ1n) is 5.71. The van der Waals surface area contributed by atoms with E-state index in [2.05, 4.69) is 5.32 Å². The quantitative estimate of drug-likeness (QED) is 0.686. The van der Waals surface area contributed by atoms with E-state index >= 15 is 0 Å². The highest BCUT2D eigenvalue weighted by molar-refractivity contribution is 5.83. The summed E-state index contributed by atoms with van der Waals surface area (Å²) in [6, 6.07) is 6.55. The van der Waals surface area contributed by atoms with E-state index in [0.29, 0.717) is 6.42 Å². The van der Waals surface area contributed by atoms with Gasteiger partial charge in [-0.15, -0.1) is 0 Å². The molecular weight excluding hydrogens is 234 g/mol. The minimum Gasteiger partial charge on any atom is -0.480 e. The van der Waals surface area contributed by atoms with Gasteiger partial charge in [-0.25, -0.2) is 4.79 Å². The van der Waals surface area contributed by atoms with Crippen LogP contribution in [0.15, 0.2) is 24.3 Å². The lowest BCUT2D eigenvalue weighted by Gasteiger charge is -2.11. The van der Waals surface area contributed by atoms with Gasteiger partial charge in [-0.3, -0.25) is 4.79 Å². The average molecular weight is 251 g/mol.